The maximum absolute atomic E-state index is 11.0. The van der Waals surface area contributed by atoms with Crippen LogP contribution in [-0.2, 0) is 14.3 Å². The third-order valence-corrected chi connectivity index (χ3v) is 1.84. The maximum Gasteiger partial charge on any atom is 0.323 e. The monoisotopic (exact) mass is 219 g/mol. The van der Waals surface area contributed by atoms with Gasteiger partial charge >= 0.3 is 11.9 Å². The quantitative estimate of drug-likeness (QED) is 0.393. The summed E-state index contributed by atoms with van der Waals surface area (Å²) < 4.78 is 4.74. The lowest BCUT2D eigenvalue weighted by Gasteiger charge is -2.13. The molecule has 0 amide bonds. The molecule has 0 aliphatic carbocycles. The topological polar surface area (TPSA) is 110 Å². The number of carbonyl (C=O) groups excluding carboxylic acids is 1. The highest BCUT2D eigenvalue weighted by atomic mass is 16.5. The SMILES string of the molecule is CCCCOC(=O)C[C@@H](O)[C@H](N)C(=O)O. The number of esters is 1. The van der Waals surface area contributed by atoms with E-state index in [1.165, 1.54) is 0 Å². The first-order valence-corrected chi connectivity index (χ1v) is 4.81. The van der Waals surface area contributed by atoms with Crippen molar-refractivity contribution in [1.82, 2.24) is 0 Å². The third kappa shape index (κ3) is 6.03. The van der Waals surface area contributed by atoms with Crippen LogP contribution in [-0.4, -0.2) is 40.9 Å². The van der Waals surface area contributed by atoms with E-state index in [1.54, 1.807) is 0 Å². The van der Waals surface area contributed by atoms with Gasteiger partial charge in [0.1, 0.15) is 6.04 Å². The molecule has 0 aromatic heterocycles. The van der Waals surface area contributed by atoms with E-state index in [0.29, 0.717) is 0 Å². The van der Waals surface area contributed by atoms with Crippen LogP contribution in [0, 0.1) is 0 Å². The largest absolute Gasteiger partial charge is 0.480 e. The van der Waals surface area contributed by atoms with E-state index < -0.39 is 30.5 Å². The minimum absolute atomic E-state index is 0.282. The molecule has 0 heterocycles. The molecule has 4 N–H and O–H groups in total. The fraction of sp³-hybridized carbons (Fsp3) is 0.778. The van der Waals surface area contributed by atoms with E-state index in [0.717, 1.165) is 12.8 Å². The minimum Gasteiger partial charge on any atom is -0.480 e. The third-order valence-electron chi connectivity index (χ3n) is 1.84. The van der Waals surface area contributed by atoms with Crippen molar-refractivity contribution < 1.29 is 24.5 Å². The van der Waals surface area contributed by atoms with Gasteiger partial charge in [0, 0.05) is 0 Å². The molecular formula is C9H17NO5. The Labute approximate surface area is 88.0 Å². The zero-order chi connectivity index (χ0) is 11.8. The van der Waals surface area contributed by atoms with Gasteiger partial charge in [-0.1, -0.05) is 13.3 Å². The first-order chi connectivity index (χ1) is 6.99. The second-order valence-corrected chi connectivity index (χ2v) is 3.21. The summed E-state index contributed by atoms with van der Waals surface area (Å²) in [5, 5.41) is 17.7. The van der Waals surface area contributed by atoms with E-state index in [2.05, 4.69) is 0 Å². The van der Waals surface area contributed by atoms with Gasteiger partial charge in [-0.2, -0.15) is 0 Å². The number of carboxylic acids is 1. The molecule has 0 unspecified atom stereocenters. The lowest BCUT2D eigenvalue weighted by Crippen LogP contribution is -2.43. The van der Waals surface area contributed by atoms with E-state index in [9.17, 15) is 14.7 Å². The molecule has 0 aromatic carbocycles. The Bertz CT molecular complexity index is 219. The van der Waals surface area contributed by atoms with Crippen LogP contribution in [0.25, 0.3) is 0 Å². The number of nitrogens with two attached hydrogens (primary N) is 1. The normalized spacial score (nSPS) is 14.3. The molecule has 6 heteroatoms. The van der Waals surface area contributed by atoms with Gasteiger partial charge in [-0.05, 0) is 6.42 Å². The van der Waals surface area contributed by atoms with E-state index in [-0.39, 0.29) is 6.61 Å². The lowest BCUT2D eigenvalue weighted by atomic mass is 10.1. The van der Waals surface area contributed by atoms with Gasteiger partial charge in [0.05, 0.1) is 19.1 Å². The molecule has 6 nitrogen and oxygen atoms in total. The molecule has 0 rings (SSSR count). The van der Waals surface area contributed by atoms with Gasteiger partial charge in [-0.25, -0.2) is 0 Å². The first-order valence-electron chi connectivity index (χ1n) is 4.81. The molecule has 0 radical (unpaired) electrons. The van der Waals surface area contributed by atoms with Crippen molar-refractivity contribution in [2.45, 2.75) is 38.3 Å². The highest BCUT2D eigenvalue weighted by molar-refractivity contribution is 5.76. The average Bonchev–Trinajstić information content (AvgIpc) is 2.16. The molecule has 88 valence electrons. The first kappa shape index (κ1) is 13.9. The number of hydrogen-bond donors (Lipinski definition) is 3. The number of carbonyl (C=O) groups is 2. The summed E-state index contributed by atoms with van der Waals surface area (Å²) in [4.78, 5) is 21.4. The fourth-order valence-corrected chi connectivity index (χ4v) is 0.852. The van der Waals surface area contributed by atoms with Crippen molar-refractivity contribution in [3.63, 3.8) is 0 Å². The molecule has 15 heavy (non-hydrogen) atoms. The van der Waals surface area contributed by atoms with Crippen LogP contribution in [0.4, 0.5) is 0 Å². The molecular weight excluding hydrogens is 202 g/mol. The maximum atomic E-state index is 11.0. The lowest BCUT2D eigenvalue weighted by molar-refractivity contribution is -0.148. The summed E-state index contributed by atoms with van der Waals surface area (Å²) >= 11 is 0. The van der Waals surface area contributed by atoms with Crippen molar-refractivity contribution in [3.05, 3.63) is 0 Å². The summed E-state index contributed by atoms with van der Waals surface area (Å²) in [5.41, 5.74) is 5.11. The highest BCUT2D eigenvalue weighted by Gasteiger charge is 2.24. The van der Waals surface area contributed by atoms with Crippen LogP contribution in [0.3, 0.4) is 0 Å². The Morgan fingerprint density at radius 1 is 1.47 bits per heavy atom. The van der Waals surface area contributed by atoms with Gasteiger partial charge in [-0.15, -0.1) is 0 Å². The van der Waals surface area contributed by atoms with Gasteiger partial charge in [0.2, 0.25) is 0 Å². The molecule has 0 spiro atoms. The molecule has 0 fully saturated rings. The van der Waals surface area contributed by atoms with E-state index in [1.807, 2.05) is 6.92 Å². The predicted octanol–water partition coefficient (Wildman–Crippen LogP) is -0.507. The number of hydrogen-bond acceptors (Lipinski definition) is 5. The zero-order valence-electron chi connectivity index (χ0n) is 8.68. The Morgan fingerprint density at radius 3 is 2.53 bits per heavy atom. The molecule has 0 saturated heterocycles. The summed E-state index contributed by atoms with van der Waals surface area (Å²) in [5.74, 6) is -1.98. The molecule has 0 aromatic rings. The van der Waals surface area contributed by atoms with Crippen molar-refractivity contribution in [2.24, 2.45) is 5.73 Å². The van der Waals surface area contributed by atoms with Crippen LogP contribution in [0.2, 0.25) is 0 Å². The van der Waals surface area contributed by atoms with Crippen LogP contribution in [0.15, 0.2) is 0 Å². The standard InChI is InChI=1S/C9H17NO5/c1-2-3-4-15-7(12)5-6(11)8(10)9(13)14/h6,8,11H,2-5,10H2,1H3,(H,13,14)/t6-,8+/m1/s1. The Kier molecular flexibility index (Phi) is 6.64. The average molecular weight is 219 g/mol. The summed E-state index contributed by atoms with van der Waals surface area (Å²) in [6, 6.07) is -1.45. The van der Waals surface area contributed by atoms with Crippen LogP contribution in [0.1, 0.15) is 26.2 Å². The minimum atomic E-state index is -1.45. The highest BCUT2D eigenvalue weighted by Crippen LogP contribution is 2.00. The van der Waals surface area contributed by atoms with Crippen LogP contribution in [0.5, 0.6) is 0 Å². The Hall–Kier alpha value is -1.14. The van der Waals surface area contributed by atoms with E-state index >= 15 is 0 Å². The van der Waals surface area contributed by atoms with Crippen molar-refractivity contribution in [1.29, 1.82) is 0 Å². The summed E-state index contributed by atoms with van der Waals surface area (Å²) in [6.45, 7) is 2.23. The van der Waals surface area contributed by atoms with Crippen LogP contribution < -0.4 is 5.73 Å². The zero-order valence-corrected chi connectivity index (χ0v) is 8.68. The Balaban J connectivity index is 3.80. The van der Waals surface area contributed by atoms with Gasteiger partial charge in [0.25, 0.3) is 0 Å². The molecule has 0 saturated carbocycles. The van der Waals surface area contributed by atoms with Gasteiger partial charge in [-0.3, -0.25) is 9.59 Å². The number of carboxylic acid groups (broad SMARTS) is 1. The number of ether oxygens (including phenoxy) is 1. The summed E-state index contributed by atoms with van der Waals surface area (Å²) in [7, 11) is 0. The Morgan fingerprint density at radius 2 is 2.07 bits per heavy atom. The van der Waals surface area contributed by atoms with E-state index in [4.69, 9.17) is 15.6 Å². The molecule has 2 atom stereocenters. The number of unbranched alkanes of at least 4 members (excludes halogenated alkanes) is 1. The van der Waals surface area contributed by atoms with Gasteiger partial charge in [0.15, 0.2) is 0 Å². The molecule has 0 aliphatic rings. The van der Waals surface area contributed by atoms with Gasteiger partial charge < -0.3 is 20.7 Å². The number of aliphatic hydroxyl groups excluding tert-OH is 1. The second-order valence-electron chi connectivity index (χ2n) is 3.21. The van der Waals surface area contributed by atoms with Crippen LogP contribution >= 0.6 is 0 Å². The number of rotatable bonds is 7. The molecule has 0 bridgehead atoms. The van der Waals surface area contributed by atoms with Crippen molar-refractivity contribution in [3.8, 4) is 0 Å². The number of aliphatic carboxylic acids is 1. The fourth-order valence-electron chi connectivity index (χ4n) is 0.852. The smallest absolute Gasteiger partial charge is 0.323 e. The molecule has 0 aliphatic heterocycles. The predicted molar refractivity (Wildman–Crippen MR) is 52.1 cm³/mol. The number of aliphatic hydroxyl groups is 1. The van der Waals surface area contributed by atoms with Crippen molar-refractivity contribution in [2.75, 3.05) is 6.61 Å². The van der Waals surface area contributed by atoms with Crippen molar-refractivity contribution >= 4 is 11.9 Å². The summed E-state index contributed by atoms with van der Waals surface area (Å²) in [6.07, 6.45) is -0.161. The second kappa shape index (κ2) is 7.19.